The fraction of sp³-hybridized carbons (Fsp3) is 0.138. The molecule has 1 saturated heterocycles. The zero-order chi connectivity index (χ0) is 27.1. The third kappa shape index (κ3) is 6.04. The van der Waals surface area contributed by atoms with E-state index in [-0.39, 0.29) is 22.9 Å². The number of amides is 4. The molecule has 0 aromatic heterocycles. The Hall–Kier alpha value is -4.56. The lowest BCUT2D eigenvalue weighted by molar-refractivity contribution is -0.122. The Bertz CT molecular complexity index is 1390. The van der Waals surface area contributed by atoms with Gasteiger partial charge in [-0.1, -0.05) is 54.6 Å². The van der Waals surface area contributed by atoms with Crippen LogP contribution in [0.25, 0.3) is 6.08 Å². The van der Waals surface area contributed by atoms with Crippen LogP contribution in [0.4, 0.5) is 10.5 Å². The number of benzene rings is 3. The minimum absolute atomic E-state index is 0.217. The van der Waals surface area contributed by atoms with Gasteiger partial charge in [0.25, 0.3) is 11.8 Å². The van der Waals surface area contributed by atoms with E-state index in [4.69, 9.17) is 25.8 Å². The molecule has 0 bridgehead atoms. The summed E-state index contributed by atoms with van der Waals surface area (Å²) in [6.07, 6.45) is 2.92. The number of ether oxygens (including phenoxy) is 3. The Morgan fingerprint density at radius 1 is 0.974 bits per heavy atom. The minimum Gasteiger partial charge on any atom is -0.490 e. The van der Waals surface area contributed by atoms with Crippen molar-refractivity contribution in [1.29, 1.82) is 0 Å². The van der Waals surface area contributed by atoms with Gasteiger partial charge in [0.1, 0.15) is 24.5 Å². The molecule has 9 heteroatoms. The van der Waals surface area contributed by atoms with E-state index in [0.29, 0.717) is 36.0 Å². The van der Waals surface area contributed by atoms with Crippen LogP contribution in [0, 0.1) is 0 Å². The smallest absolute Gasteiger partial charge is 0.335 e. The summed E-state index contributed by atoms with van der Waals surface area (Å²) in [5, 5.41) is 2.44. The van der Waals surface area contributed by atoms with Gasteiger partial charge in [-0.05, 0) is 60.5 Å². The Labute approximate surface area is 225 Å². The van der Waals surface area contributed by atoms with Crippen LogP contribution in [-0.4, -0.2) is 31.1 Å². The van der Waals surface area contributed by atoms with Crippen molar-refractivity contribution in [3.05, 3.63) is 101 Å². The molecule has 0 radical (unpaired) electrons. The Morgan fingerprint density at radius 3 is 2.39 bits per heavy atom. The van der Waals surface area contributed by atoms with Gasteiger partial charge in [0.2, 0.25) is 0 Å². The third-order valence-corrected chi connectivity index (χ3v) is 5.71. The van der Waals surface area contributed by atoms with Crippen LogP contribution in [0.15, 0.2) is 85.0 Å². The average molecular weight is 533 g/mol. The molecule has 0 saturated carbocycles. The van der Waals surface area contributed by atoms with Crippen molar-refractivity contribution in [2.45, 2.75) is 13.5 Å². The van der Waals surface area contributed by atoms with Crippen LogP contribution in [0.5, 0.6) is 17.2 Å². The highest BCUT2D eigenvalue weighted by Crippen LogP contribution is 2.37. The predicted molar refractivity (Wildman–Crippen MR) is 145 cm³/mol. The number of barbiturate groups is 1. The maximum absolute atomic E-state index is 13.3. The zero-order valence-corrected chi connectivity index (χ0v) is 21.4. The molecule has 1 aliphatic rings. The van der Waals surface area contributed by atoms with E-state index in [1.54, 1.807) is 43.3 Å². The quantitative estimate of drug-likeness (QED) is 0.209. The minimum atomic E-state index is -0.851. The Kier molecular flexibility index (Phi) is 8.45. The molecule has 3 aromatic rings. The highest BCUT2D eigenvalue weighted by atomic mass is 35.5. The fourth-order valence-corrected chi connectivity index (χ4v) is 3.98. The molecule has 1 fully saturated rings. The molecule has 4 rings (SSSR count). The molecule has 1 aliphatic heterocycles. The largest absolute Gasteiger partial charge is 0.490 e. The van der Waals surface area contributed by atoms with Gasteiger partial charge in [0.05, 0.1) is 17.3 Å². The molecule has 4 amide bonds. The van der Waals surface area contributed by atoms with E-state index < -0.39 is 17.8 Å². The van der Waals surface area contributed by atoms with Crippen LogP contribution in [0.2, 0.25) is 5.02 Å². The van der Waals surface area contributed by atoms with Crippen LogP contribution in [0.1, 0.15) is 18.1 Å². The zero-order valence-electron chi connectivity index (χ0n) is 20.6. The number of nitrogens with one attached hydrogen (secondary N) is 1. The standard InChI is InChI=1S/C29H25ClN2O6/c1-3-14-37-26-24(30)16-20(17-25(26)36-4-2)15-23-27(33)31-29(35)32(28(23)34)21-10-12-22(13-11-21)38-18-19-8-6-5-7-9-19/h3,5-13,15-17H,1,4,14,18H2,2H3,(H,31,33,35)/b23-15+. The molecule has 38 heavy (non-hydrogen) atoms. The monoisotopic (exact) mass is 532 g/mol. The number of carbonyl (C=O) groups is 3. The molecule has 3 aromatic carbocycles. The van der Waals surface area contributed by atoms with Crippen molar-refractivity contribution in [2.24, 2.45) is 0 Å². The lowest BCUT2D eigenvalue weighted by atomic mass is 10.1. The lowest BCUT2D eigenvalue weighted by Gasteiger charge is -2.26. The van der Waals surface area contributed by atoms with Crippen molar-refractivity contribution in [1.82, 2.24) is 5.32 Å². The number of nitrogens with zero attached hydrogens (tertiary/aromatic N) is 1. The SMILES string of the molecule is C=CCOc1c(Cl)cc(/C=C2\C(=O)NC(=O)N(c3ccc(OCc4ccccc4)cc3)C2=O)cc1OCC. The summed E-state index contributed by atoms with van der Waals surface area (Å²) in [4.78, 5) is 39.4. The van der Waals surface area contributed by atoms with E-state index >= 15 is 0 Å². The van der Waals surface area contributed by atoms with Gasteiger partial charge in [0.15, 0.2) is 11.5 Å². The van der Waals surface area contributed by atoms with Crippen molar-refractivity contribution in [3.63, 3.8) is 0 Å². The number of hydrogen-bond donors (Lipinski definition) is 1. The summed E-state index contributed by atoms with van der Waals surface area (Å²) in [7, 11) is 0. The van der Waals surface area contributed by atoms with Gasteiger partial charge < -0.3 is 14.2 Å². The first-order valence-corrected chi connectivity index (χ1v) is 12.2. The normalized spacial score (nSPS) is 14.3. The van der Waals surface area contributed by atoms with Gasteiger partial charge in [-0.2, -0.15) is 0 Å². The molecule has 1 N–H and O–H groups in total. The lowest BCUT2D eigenvalue weighted by Crippen LogP contribution is -2.54. The first-order valence-electron chi connectivity index (χ1n) is 11.8. The summed E-state index contributed by atoms with van der Waals surface area (Å²) in [5.41, 5.74) is 1.46. The van der Waals surface area contributed by atoms with Crippen molar-refractivity contribution in [2.75, 3.05) is 18.1 Å². The second kappa shape index (κ2) is 12.1. The maximum atomic E-state index is 13.3. The van der Waals surface area contributed by atoms with E-state index in [1.165, 1.54) is 12.1 Å². The predicted octanol–water partition coefficient (Wildman–Crippen LogP) is 5.55. The highest BCUT2D eigenvalue weighted by Gasteiger charge is 2.37. The number of halogens is 1. The Balaban J connectivity index is 1.58. The third-order valence-electron chi connectivity index (χ3n) is 5.43. The topological polar surface area (TPSA) is 94.2 Å². The molecular formula is C29H25ClN2O6. The average Bonchev–Trinajstić information content (AvgIpc) is 2.91. The number of hydrogen-bond acceptors (Lipinski definition) is 6. The van der Waals surface area contributed by atoms with E-state index in [2.05, 4.69) is 11.9 Å². The first kappa shape index (κ1) is 26.5. The summed E-state index contributed by atoms with van der Waals surface area (Å²) >= 11 is 6.39. The van der Waals surface area contributed by atoms with Crippen LogP contribution < -0.4 is 24.4 Å². The maximum Gasteiger partial charge on any atom is 0.335 e. The van der Waals surface area contributed by atoms with E-state index in [1.807, 2.05) is 30.3 Å². The molecule has 194 valence electrons. The van der Waals surface area contributed by atoms with E-state index in [0.717, 1.165) is 10.5 Å². The summed E-state index contributed by atoms with van der Waals surface area (Å²) in [6, 6.07) is 18.4. The van der Waals surface area contributed by atoms with Crippen molar-refractivity contribution < 1.29 is 28.6 Å². The molecule has 0 aliphatic carbocycles. The molecular weight excluding hydrogens is 508 g/mol. The number of anilines is 1. The van der Waals surface area contributed by atoms with E-state index in [9.17, 15) is 14.4 Å². The number of imide groups is 2. The van der Waals surface area contributed by atoms with Gasteiger partial charge in [-0.25, -0.2) is 9.69 Å². The second-order valence-corrected chi connectivity index (χ2v) is 8.50. The summed E-state index contributed by atoms with van der Waals surface area (Å²) < 4.78 is 17.0. The van der Waals surface area contributed by atoms with Gasteiger partial charge in [0, 0.05) is 0 Å². The second-order valence-electron chi connectivity index (χ2n) is 8.09. The summed E-state index contributed by atoms with van der Waals surface area (Å²) in [5.74, 6) is -0.373. The molecule has 1 heterocycles. The van der Waals surface area contributed by atoms with Gasteiger partial charge in [-0.15, -0.1) is 0 Å². The van der Waals surface area contributed by atoms with Crippen molar-refractivity contribution >= 4 is 41.2 Å². The van der Waals surface area contributed by atoms with Crippen LogP contribution in [-0.2, 0) is 16.2 Å². The van der Waals surface area contributed by atoms with Crippen LogP contribution in [0.3, 0.4) is 0 Å². The van der Waals surface area contributed by atoms with Gasteiger partial charge in [-0.3, -0.25) is 14.9 Å². The Morgan fingerprint density at radius 2 is 1.71 bits per heavy atom. The summed E-state index contributed by atoms with van der Waals surface area (Å²) in [6.45, 7) is 6.35. The van der Waals surface area contributed by atoms with Crippen LogP contribution >= 0.6 is 11.6 Å². The fourth-order valence-electron chi connectivity index (χ4n) is 3.71. The molecule has 8 nitrogen and oxygen atoms in total. The van der Waals surface area contributed by atoms with Gasteiger partial charge >= 0.3 is 6.03 Å². The highest BCUT2D eigenvalue weighted by molar-refractivity contribution is 6.39. The number of urea groups is 1. The number of carbonyl (C=O) groups excluding carboxylic acids is 3. The molecule has 0 atom stereocenters. The first-order chi connectivity index (χ1) is 18.4. The number of rotatable bonds is 10. The molecule has 0 unspecified atom stereocenters. The molecule has 0 spiro atoms. The van der Waals surface area contributed by atoms with Crippen molar-refractivity contribution in [3.8, 4) is 17.2 Å².